The number of nitrogens with one attached hydrogen (secondary N) is 1. The first kappa shape index (κ1) is 12.4. The van der Waals surface area contributed by atoms with Crippen LogP contribution in [-0.4, -0.2) is 24.6 Å². The quantitative estimate of drug-likeness (QED) is 0.880. The molecule has 1 heterocycles. The van der Waals surface area contributed by atoms with Crippen molar-refractivity contribution in [3.8, 4) is 0 Å². The molecule has 0 fully saturated rings. The molecule has 0 radical (unpaired) electrons. The number of H-pyrrole nitrogens is 1. The lowest BCUT2D eigenvalue weighted by atomic mass is 10.4. The zero-order valence-electron chi connectivity index (χ0n) is 8.54. The van der Waals surface area contributed by atoms with E-state index in [1.54, 1.807) is 6.92 Å². The highest BCUT2D eigenvalue weighted by atomic mass is 79.9. The highest BCUT2D eigenvalue weighted by Crippen LogP contribution is 2.17. The molecule has 1 rings (SSSR count). The third-order valence-electron chi connectivity index (χ3n) is 2.07. The molecule has 0 bridgehead atoms. The van der Waals surface area contributed by atoms with Gasteiger partial charge in [0.1, 0.15) is 15.5 Å². The summed E-state index contributed by atoms with van der Waals surface area (Å²) in [6.45, 7) is 3.12. The number of halogens is 1. The maximum Gasteiger partial charge on any atom is 0.265 e. The van der Waals surface area contributed by atoms with Crippen molar-refractivity contribution < 1.29 is 8.42 Å². The van der Waals surface area contributed by atoms with Crippen molar-refractivity contribution in [1.29, 1.82) is 0 Å². The van der Waals surface area contributed by atoms with Crippen LogP contribution in [0.25, 0.3) is 0 Å². The number of hydrogen-bond acceptors (Lipinski definition) is 4. The van der Waals surface area contributed by atoms with Crippen LogP contribution in [0.2, 0.25) is 0 Å². The fourth-order valence-electron chi connectivity index (χ4n) is 0.989. The molecule has 0 aliphatic carbocycles. The Hall–Kier alpha value is -0.690. The van der Waals surface area contributed by atoms with Crippen LogP contribution in [0.4, 0.5) is 0 Å². The predicted octanol–water partition coefficient (Wildman–Crippen LogP) is 0.946. The molecule has 1 N–H and O–H groups in total. The molecule has 0 aliphatic rings. The minimum absolute atomic E-state index is 0.170. The van der Waals surface area contributed by atoms with Gasteiger partial charge in [-0.2, -0.15) is 0 Å². The first-order valence-corrected chi connectivity index (χ1v) is 6.93. The van der Waals surface area contributed by atoms with Crippen molar-refractivity contribution in [2.45, 2.75) is 19.1 Å². The van der Waals surface area contributed by atoms with Gasteiger partial charge >= 0.3 is 0 Å². The van der Waals surface area contributed by atoms with Crippen molar-refractivity contribution in [3.63, 3.8) is 0 Å². The molecule has 84 valence electrons. The standard InChI is InChI=1S/C8H11BrN2O3S/c1-4-6(9)8(12)11-7(10-4)5(2)15(3,13)14/h5H,1-3H3,(H,10,11,12). The van der Waals surface area contributed by atoms with Crippen LogP contribution in [0.5, 0.6) is 0 Å². The SMILES string of the molecule is Cc1nc(C(C)S(C)(=O)=O)[nH]c(=O)c1Br. The molecular weight excluding hydrogens is 284 g/mol. The molecular formula is C8H11BrN2O3S. The average Bonchev–Trinajstić information content (AvgIpc) is 2.10. The van der Waals surface area contributed by atoms with E-state index < -0.39 is 15.1 Å². The number of sulfone groups is 1. The van der Waals surface area contributed by atoms with E-state index in [4.69, 9.17) is 0 Å². The molecule has 5 nitrogen and oxygen atoms in total. The monoisotopic (exact) mass is 294 g/mol. The Bertz CT molecular complexity index is 535. The van der Waals surface area contributed by atoms with E-state index in [-0.39, 0.29) is 11.4 Å². The average molecular weight is 295 g/mol. The largest absolute Gasteiger partial charge is 0.308 e. The summed E-state index contributed by atoms with van der Waals surface area (Å²) in [4.78, 5) is 17.8. The van der Waals surface area contributed by atoms with Crippen LogP contribution >= 0.6 is 15.9 Å². The van der Waals surface area contributed by atoms with E-state index in [2.05, 4.69) is 25.9 Å². The van der Waals surface area contributed by atoms with Gasteiger partial charge < -0.3 is 4.98 Å². The van der Waals surface area contributed by atoms with E-state index in [0.29, 0.717) is 10.2 Å². The lowest BCUT2D eigenvalue weighted by Crippen LogP contribution is -2.19. The fourth-order valence-corrected chi connectivity index (χ4v) is 1.69. The Labute approximate surface area is 96.0 Å². The zero-order chi connectivity index (χ0) is 11.8. The Morgan fingerprint density at radius 2 is 2.00 bits per heavy atom. The normalized spacial score (nSPS) is 13.9. The minimum Gasteiger partial charge on any atom is -0.308 e. The summed E-state index contributed by atoms with van der Waals surface area (Å²) >= 11 is 3.06. The number of aromatic amines is 1. The third-order valence-corrected chi connectivity index (χ3v) is 4.52. The summed E-state index contributed by atoms with van der Waals surface area (Å²) in [6.07, 6.45) is 1.11. The van der Waals surface area contributed by atoms with Crippen molar-refractivity contribution in [2.24, 2.45) is 0 Å². The van der Waals surface area contributed by atoms with Gasteiger partial charge in [-0.25, -0.2) is 13.4 Å². The molecule has 0 aromatic carbocycles. The van der Waals surface area contributed by atoms with Crippen molar-refractivity contribution in [3.05, 3.63) is 26.3 Å². The molecule has 0 amide bonds. The second-order valence-electron chi connectivity index (χ2n) is 3.32. The summed E-state index contributed by atoms with van der Waals surface area (Å²) in [7, 11) is -3.25. The molecule has 0 aliphatic heterocycles. The van der Waals surface area contributed by atoms with Gasteiger partial charge in [-0.1, -0.05) is 0 Å². The lowest BCUT2D eigenvalue weighted by Gasteiger charge is -2.09. The summed E-state index contributed by atoms with van der Waals surface area (Å²) in [5.74, 6) is 0.170. The van der Waals surface area contributed by atoms with Crippen molar-refractivity contribution >= 4 is 25.8 Å². The van der Waals surface area contributed by atoms with Gasteiger partial charge in [-0.3, -0.25) is 4.79 Å². The Morgan fingerprint density at radius 3 is 2.40 bits per heavy atom. The van der Waals surface area contributed by atoms with Gasteiger partial charge in [-0.05, 0) is 29.8 Å². The minimum atomic E-state index is -3.25. The van der Waals surface area contributed by atoms with Crippen LogP contribution < -0.4 is 5.56 Å². The molecule has 15 heavy (non-hydrogen) atoms. The van der Waals surface area contributed by atoms with E-state index in [1.807, 2.05) is 0 Å². The zero-order valence-corrected chi connectivity index (χ0v) is 10.9. The van der Waals surface area contributed by atoms with Crippen LogP contribution in [0.3, 0.4) is 0 Å². The molecule has 1 aromatic heterocycles. The second-order valence-corrected chi connectivity index (χ2v) is 6.48. The summed E-state index contributed by atoms with van der Waals surface area (Å²) in [5, 5.41) is -0.808. The molecule has 7 heteroatoms. The maximum absolute atomic E-state index is 11.4. The summed E-state index contributed by atoms with van der Waals surface area (Å²) < 4.78 is 22.9. The van der Waals surface area contributed by atoms with Gasteiger partial charge in [0.15, 0.2) is 9.84 Å². The number of hydrogen-bond donors (Lipinski definition) is 1. The molecule has 1 aromatic rings. The first-order chi connectivity index (χ1) is 6.73. The van der Waals surface area contributed by atoms with Gasteiger partial charge in [0.05, 0.1) is 5.69 Å². The third kappa shape index (κ3) is 2.66. The number of nitrogens with zero attached hydrogens (tertiary/aromatic N) is 1. The van der Waals surface area contributed by atoms with E-state index in [0.717, 1.165) is 6.26 Å². The van der Waals surface area contributed by atoms with Crippen LogP contribution in [-0.2, 0) is 9.84 Å². The molecule has 0 spiro atoms. The maximum atomic E-state index is 11.4. The number of aromatic nitrogens is 2. The Morgan fingerprint density at radius 1 is 1.47 bits per heavy atom. The van der Waals surface area contributed by atoms with E-state index >= 15 is 0 Å². The van der Waals surface area contributed by atoms with Crippen LogP contribution in [0, 0.1) is 6.92 Å². The van der Waals surface area contributed by atoms with Gasteiger partial charge in [-0.15, -0.1) is 0 Å². The molecule has 1 atom stereocenters. The molecule has 0 saturated carbocycles. The fraction of sp³-hybridized carbons (Fsp3) is 0.500. The number of aryl methyl sites for hydroxylation is 1. The Balaban J connectivity index is 3.36. The molecule has 0 saturated heterocycles. The highest BCUT2D eigenvalue weighted by molar-refractivity contribution is 9.10. The first-order valence-electron chi connectivity index (χ1n) is 4.18. The van der Waals surface area contributed by atoms with Gasteiger partial charge in [0.2, 0.25) is 0 Å². The van der Waals surface area contributed by atoms with Gasteiger partial charge in [0.25, 0.3) is 5.56 Å². The molecule has 1 unspecified atom stereocenters. The predicted molar refractivity (Wildman–Crippen MR) is 60.6 cm³/mol. The van der Waals surface area contributed by atoms with Crippen LogP contribution in [0.15, 0.2) is 9.27 Å². The van der Waals surface area contributed by atoms with Crippen LogP contribution in [0.1, 0.15) is 23.7 Å². The summed E-state index contributed by atoms with van der Waals surface area (Å²) in [5.41, 5.74) is 0.109. The van der Waals surface area contributed by atoms with E-state index in [9.17, 15) is 13.2 Å². The second kappa shape index (κ2) is 4.05. The highest BCUT2D eigenvalue weighted by Gasteiger charge is 2.20. The topological polar surface area (TPSA) is 79.9 Å². The Kier molecular flexibility index (Phi) is 3.34. The number of rotatable bonds is 2. The van der Waals surface area contributed by atoms with Crippen molar-refractivity contribution in [2.75, 3.05) is 6.26 Å². The van der Waals surface area contributed by atoms with E-state index in [1.165, 1.54) is 6.92 Å². The lowest BCUT2D eigenvalue weighted by molar-refractivity contribution is 0.588. The van der Waals surface area contributed by atoms with Crippen molar-refractivity contribution in [1.82, 2.24) is 9.97 Å². The summed E-state index contributed by atoms with van der Waals surface area (Å²) in [6, 6.07) is 0. The van der Waals surface area contributed by atoms with Gasteiger partial charge in [0, 0.05) is 6.26 Å². The smallest absolute Gasteiger partial charge is 0.265 e.